The molecule has 1 aliphatic carbocycles. The third-order valence-electron chi connectivity index (χ3n) is 7.15. The minimum atomic E-state index is -0.145. The fourth-order valence-electron chi connectivity index (χ4n) is 5.27. The average Bonchev–Trinajstić information content (AvgIpc) is 3.10. The summed E-state index contributed by atoms with van der Waals surface area (Å²) >= 11 is 0. The summed E-state index contributed by atoms with van der Waals surface area (Å²) in [6.07, 6.45) is 9.29. The molecule has 32 heavy (non-hydrogen) atoms. The van der Waals surface area contributed by atoms with E-state index in [1.54, 1.807) is 0 Å². The fourth-order valence-corrected chi connectivity index (χ4v) is 5.27. The van der Waals surface area contributed by atoms with E-state index in [1.165, 1.54) is 31.2 Å². The van der Waals surface area contributed by atoms with E-state index in [0.717, 1.165) is 67.0 Å². The number of benzene rings is 1. The fraction of sp³-hybridized carbons (Fsp3) is 0.500. The minimum absolute atomic E-state index is 0.145. The Balaban J connectivity index is 1.65. The number of carbonyl (C=O) groups is 1. The summed E-state index contributed by atoms with van der Waals surface area (Å²) in [7, 11) is 0. The number of rotatable bonds is 4. The van der Waals surface area contributed by atoms with Crippen LogP contribution in [-0.2, 0) is 0 Å². The summed E-state index contributed by atoms with van der Waals surface area (Å²) in [6, 6.07) is 10.5. The molecule has 1 amide bonds. The molecular formula is C26H33N5O. The van der Waals surface area contributed by atoms with Gasteiger partial charge in [-0.15, -0.1) is 0 Å². The Kier molecular flexibility index (Phi) is 5.85. The molecule has 2 aromatic heterocycles. The van der Waals surface area contributed by atoms with E-state index < -0.39 is 0 Å². The van der Waals surface area contributed by atoms with Crippen LogP contribution in [0.3, 0.4) is 0 Å². The van der Waals surface area contributed by atoms with Gasteiger partial charge in [-0.25, -0.2) is 9.97 Å². The smallest absolute Gasteiger partial charge is 0.289 e. The van der Waals surface area contributed by atoms with Crippen LogP contribution in [0.4, 0.5) is 5.82 Å². The number of carbonyl (C=O) groups excluding carboxylic acids is 1. The van der Waals surface area contributed by atoms with Gasteiger partial charge in [0.25, 0.3) is 5.91 Å². The van der Waals surface area contributed by atoms with Gasteiger partial charge in [0.1, 0.15) is 5.82 Å². The number of hydrogen-bond acceptors (Lipinski definition) is 4. The number of piperidine rings is 1. The average molecular weight is 432 g/mol. The number of anilines is 1. The van der Waals surface area contributed by atoms with Crippen molar-refractivity contribution in [3.05, 3.63) is 47.4 Å². The number of aromatic nitrogens is 3. The number of aryl methyl sites for hydroxylation is 1. The standard InChI is InChI=1S/C26H33N5O/c1-18-19(2)31(21-14-8-4-9-15-21)25-22(18)24(30-16-10-5-11-17-30)28-23(29-25)26(32)27-20-12-6-3-7-13-20/h4,8-9,14-15,20H,3,5-7,10-13,16-17H2,1-2H3,(H,27,32). The highest BCUT2D eigenvalue weighted by atomic mass is 16.2. The predicted octanol–water partition coefficient (Wildman–Crippen LogP) is 5.09. The first-order valence-corrected chi connectivity index (χ1v) is 12.1. The van der Waals surface area contributed by atoms with Crippen molar-refractivity contribution >= 4 is 22.8 Å². The molecular weight excluding hydrogens is 398 g/mol. The number of para-hydroxylation sites is 1. The molecule has 6 heteroatoms. The third kappa shape index (κ3) is 3.87. The molecule has 0 radical (unpaired) electrons. The van der Waals surface area contributed by atoms with Crippen LogP contribution in [0.5, 0.6) is 0 Å². The van der Waals surface area contributed by atoms with Crippen molar-refractivity contribution < 1.29 is 4.79 Å². The summed E-state index contributed by atoms with van der Waals surface area (Å²) in [6.45, 7) is 6.23. The number of fused-ring (bicyclic) bond motifs is 1. The van der Waals surface area contributed by atoms with Crippen LogP contribution in [0.2, 0.25) is 0 Å². The Hall–Kier alpha value is -2.89. The van der Waals surface area contributed by atoms with Crippen molar-refractivity contribution in [3.8, 4) is 5.69 Å². The summed E-state index contributed by atoms with van der Waals surface area (Å²) in [4.78, 5) is 25.4. The molecule has 0 bridgehead atoms. The van der Waals surface area contributed by atoms with E-state index in [0.29, 0.717) is 5.82 Å². The van der Waals surface area contributed by atoms with Crippen molar-refractivity contribution in [2.24, 2.45) is 0 Å². The summed E-state index contributed by atoms with van der Waals surface area (Å²) in [5, 5.41) is 4.29. The monoisotopic (exact) mass is 431 g/mol. The number of nitrogens with one attached hydrogen (secondary N) is 1. The summed E-state index contributed by atoms with van der Waals surface area (Å²) in [5.74, 6) is 1.06. The first-order chi connectivity index (χ1) is 15.6. The molecule has 3 heterocycles. The Labute approximate surface area is 190 Å². The van der Waals surface area contributed by atoms with Crippen molar-refractivity contribution in [2.75, 3.05) is 18.0 Å². The molecule has 168 valence electrons. The zero-order chi connectivity index (χ0) is 22.1. The van der Waals surface area contributed by atoms with Crippen LogP contribution in [-0.4, -0.2) is 39.6 Å². The molecule has 5 rings (SSSR count). The predicted molar refractivity (Wildman–Crippen MR) is 129 cm³/mol. The molecule has 2 aliphatic rings. The van der Waals surface area contributed by atoms with Crippen molar-refractivity contribution in [2.45, 2.75) is 71.3 Å². The highest BCUT2D eigenvalue weighted by molar-refractivity contribution is 5.98. The molecule has 1 saturated heterocycles. The van der Waals surface area contributed by atoms with Gasteiger partial charge in [0, 0.05) is 30.5 Å². The van der Waals surface area contributed by atoms with E-state index in [2.05, 4.69) is 40.8 Å². The van der Waals surface area contributed by atoms with Gasteiger partial charge >= 0.3 is 0 Å². The SMILES string of the molecule is Cc1c(C)n(-c2ccccc2)c2nc(C(=O)NC3CCCCC3)nc(N3CCCCC3)c12. The lowest BCUT2D eigenvalue weighted by Crippen LogP contribution is -2.37. The second-order valence-corrected chi connectivity index (χ2v) is 9.31. The van der Waals surface area contributed by atoms with E-state index >= 15 is 0 Å². The van der Waals surface area contributed by atoms with Crippen LogP contribution >= 0.6 is 0 Å². The zero-order valence-electron chi connectivity index (χ0n) is 19.2. The highest BCUT2D eigenvalue weighted by Gasteiger charge is 2.26. The minimum Gasteiger partial charge on any atom is -0.356 e. The summed E-state index contributed by atoms with van der Waals surface area (Å²) < 4.78 is 2.18. The molecule has 0 atom stereocenters. The molecule has 6 nitrogen and oxygen atoms in total. The van der Waals surface area contributed by atoms with Crippen molar-refractivity contribution in [3.63, 3.8) is 0 Å². The highest BCUT2D eigenvalue weighted by Crippen LogP contribution is 2.34. The summed E-state index contributed by atoms with van der Waals surface area (Å²) in [5.41, 5.74) is 4.22. The van der Waals surface area contributed by atoms with E-state index in [-0.39, 0.29) is 11.9 Å². The van der Waals surface area contributed by atoms with Gasteiger partial charge in [0.05, 0.1) is 5.39 Å². The van der Waals surface area contributed by atoms with Gasteiger partial charge in [0.15, 0.2) is 5.65 Å². The van der Waals surface area contributed by atoms with E-state index in [1.807, 2.05) is 18.2 Å². The molecule has 0 unspecified atom stereocenters. The molecule has 1 aromatic carbocycles. The maximum absolute atomic E-state index is 13.3. The molecule has 1 aliphatic heterocycles. The van der Waals surface area contributed by atoms with Crippen LogP contribution < -0.4 is 10.2 Å². The Morgan fingerprint density at radius 3 is 2.34 bits per heavy atom. The largest absolute Gasteiger partial charge is 0.356 e. The maximum atomic E-state index is 13.3. The molecule has 3 aromatic rings. The van der Waals surface area contributed by atoms with Gasteiger partial charge in [-0.3, -0.25) is 9.36 Å². The van der Waals surface area contributed by atoms with Crippen LogP contribution in [0.15, 0.2) is 30.3 Å². The second kappa shape index (κ2) is 8.93. The normalized spacial score (nSPS) is 17.6. The van der Waals surface area contributed by atoms with Crippen LogP contribution in [0.1, 0.15) is 73.2 Å². The van der Waals surface area contributed by atoms with E-state index in [4.69, 9.17) is 9.97 Å². The van der Waals surface area contributed by atoms with Gasteiger partial charge in [0.2, 0.25) is 5.82 Å². The van der Waals surface area contributed by atoms with Gasteiger partial charge in [-0.05, 0) is 63.6 Å². The molecule has 0 spiro atoms. The molecule has 1 N–H and O–H groups in total. The lowest BCUT2D eigenvalue weighted by molar-refractivity contribution is 0.0917. The van der Waals surface area contributed by atoms with Crippen LogP contribution in [0.25, 0.3) is 16.7 Å². The Morgan fingerprint density at radius 1 is 0.938 bits per heavy atom. The number of hydrogen-bond donors (Lipinski definition) is 1. The lowest BCUT2D eigenvalue weighted by Gasteiger charge is -2.29. The molecule has 1 saturated carbocycles. The van der Waals surface area contributed by atoms with Crippen molar-refractivity contribution in [1.29, 1.82) is 0 Å². The van der Waals surface area contributed by atoms with E-state index in [9.17, 15) is 4.79 Å². The van der Waals surface area contributed by atoms with Gasteiger partial charge in [-0.1, -0.05) is 37.5 Å². The number of amides is 1. The second-order valence-electron chi connectivity index (χ2n) is 9.31. The first-order valence-electron chi connectivity index (χ1n) is 12.1. The Morgan fingerprint density at radius 2 is 1.62 bits per heavy atom. The van der Waals surface area contributed by atoms with Gasteiger partial charge < -0.3 is 10.2 Å². The quantitative estimate of drug-likeness (QED) is 0.625. The van der Waals surface area contributed by atoms with Crippen LogP contribution in [0, 0.1) is 13.8 Å². The van der Waals surface area contributed by atoms with Crippen molar-refractivity contribution in [1.82, 2.24) is 19.9 Å². The van der Waals surface area contributed by atoms with Gasteiger partial charge in [-0.2, -0.15) is 0 Å². The topological polar surface area (TPSA) is 63.1 Å². The first kappa shape index (κ1) is 21.0. The molecule has 2 fully saturated rings. The zero-order valence-corrected chi connectivity index (χ0v) is 19.2. The lowest BCUT2D eigenvalue weighted by atomic mass is 9.95. The Bertz CT molecular complexity index is 1110. The maximum Gasteiger partial charge on any atom is 0.289 e. The number of nitrogens with zero attached hydrogens (tertiary/aromatic N) is 4. The third-order valence-corrected chi connectivity index (χ3v) is 7.15.